The minimum atomic E-state index is -1.24. The summed E-state index contributed by atoms with van der Waals surface area (Å²) in [5.74, 6) is -0.543. The van der Waals surface area contributed by atoms with Crippen LogP contribution < -0.4 is 10.4 Å². The van der Waals surface area contributed by atoms with E-state index in [9.17, 15) is 14.7 Å². The molecule has 1 N–H and O–H groups in total. The SMILES string of the molecule is CC(=O)NC(CSC/C=C(\C)CC/C=C(\C)CCC=C(C)C)C(=O)[O-]. The number of carboxylic acid groups (broad SMARTS) is 1. The maximum absolute atomic E-state index is 10.9. The fourth-order valence-electron chi connectivity index (χ4n) is 2.14. The van der Waals surface area contributed by atoms with Gasteiger partial charge in [0, 0.05) is 18.4 Å². The van der Waals surface area contributed by atoms with Crippen LogP contribution in [0.3, 0.4) is 0 Å². The van der Waals surface area contributed by atoms with Crippen molar-refractivity contribution in [1.29, 1.82) is 0 Å². The first-order valence-electron chi connectivity index (χ1n) is 8.72. The molecule has 5 heteroatoms. The van der Waals surface area contributed by atoms with Crippen LogP contribution in [0.15, 0.2) is 34.9 Å². The maximum atomic E-state index is 10.9. The number of amides is 1. The van der Waals surface area contributed by atoms with Crippen molar-refractivity contribution < 1.29 is 14.7 Å². The van der Waals surface area contributed by atoms with Gasteiger partial charge in [0.05, 0.1) is 12.0 Å². The van der Waals surface area contributed by atoms with E-state index in [-0.39, 0.29) is 5.91 Å². The van der Waals surface area contributed by atoms with Crippen molar-refractivity contribution in [3.05, 3.63) is 34.9 Å². The fourth-order valence-corrected chi connectivity index (χ4v) is 3.13. The minimum Gasteiger partial charge on any atom is -0.548 e. The van der Waals surface area contributed by atoms with E-state index in [4.69, 9.17) is 0 Å². The molecule has 0 fully saturated rings. The molecule has 0 rings (SSSR count). The minimum absolute atomic E-state index is 0.315. The first kappa shape index (κ1) is 23.5. The Morgan fingerprint density at radius 2 is 1.52 bits per heavy atom. The van der Waals surface area contributed by atoms with Gasteiger partial charge >= 0.3 is 0 Å². The predicted octanol–water partition coefficient (Wildman–Crippen LogP) is 3.39. The Bertz CT molecular complexity index is 517. The highest BCUT2D eigenvalue weighted by atomic mass is 32.2. The van der Waals surface area contributed by atoms with Gasteiger partial charge in [-0.2, -0.15) is 11.8 Å². The first-order valence-corrected chi connectivity index (χ1v) is 9.88. The van der Waals surface area contributed by atoms with E-state index in [1.807, 2.05) is 0 Å². The van der Waals surface area contributed by atoms with Crippen LogP contribution in [0.2, 0.25) is 0 Å². The van der Waals surface area contributed by atoms with Gasteiger partial charge in [0.1, 0.15) is 0 Å². The van der Waals surface area contributed by atoms with Gasteiger partial charge in [0.25, 0.3) is 0 Å². The molecule has 1 amide bonds. The van der Waals surface area contributed by atoms with Gasteiger partial charge in [0.2, 0.25) is 5.91 Å². The van der Waals surface area contributed by atoms with Crippen LogP contribution in [0, 0.1) is 0 Å². The van der Waals surface area contributed by atoms with E-state index >= 15 is 0 Å². The van der Waals surface area contributed by atoms with Crippen LogP contribution >= 0.6 is 11.8 Å². The van der Waals surface area contributed by atoms with E-state index in [0.717, 1.165) is 31.4 Å². The van der Waals surface area contributed by atoms with E-state index in [0.29, 0.717) is 5.75 Å². The molecular formula is C20H32NO3S-. The van der Waals surface area contributed by atoms with Crippen molar-refractivity contribution >= 4 is 23.6 Å². The number of aliphatic carboxylic acids is 1. The quantitative estimate of drug-likeness (QED) is 0.424. The molecule has 0 aromatic heterocycles. The zero-order valence-corrected chi connectivity index (χ0v) is 17.0. The second-order valence-electron chi connectivity index (χ2n) is 6.57. The molecule has 4 nitrogen and oxygen atoms in total. The van der Waals surface area contributed by atoms with Crippen LogP contribution in [0.5, 0.6) is 0 Å². The van der Waals surface area contributed by atoms with Crippen LogP contribution in [0.25, 0.3) is 0 Å². The standard InChI is InChI=1S/C20H33NO3S/c1-15(2)8-6-9-16(3)10-7-11-17(4)12-13-25-14-19(20(23)24)21-18(5)22/h8,10,12,19H,6-7,9,11,13-14H2,1-5H3,(H,21,22)(H,23,24)/p-1/b16-10+,17-12+. The number of rotatable bonds is 12. The molecule has 0 saturated carbocycles. The van der Waals surface area contributed by atoms with E-state index in [1.165, 1.54) is 35.4 Å². The number of hydrogen-bond acceptors (Lipinski definition) is 4. The second-order valence-corrected chi connectivity index (χ2v) is 7.64. The smallest absolute Gasteiger partial charge is 0.217 e. The highest BCUT2D eigenvalue weighted by molar-refractivity contribution is 7.99. The zero-order valence-electron chi connectivity index (χ0n) is 16.2. The van der Waals surface area contributed by atoms with Gasteiger partial charge in [0.15, 0.2) is 0 Å². The lowest BCUT2D eigenvalue weighted by molar-refractivity contribution is -0.307. The van der Waals surface area contributed by atoms with Gasteiger partial charge in [-0.1, -0.05) is 34.9 Å². The van der Waals surface area contributed by atoms with Gasteiger partial charge in [-0.3, -0.25) is 4.79 Å². The van der Waals surface area contributed by atoms with Crippen LogP contribution in [-0.4, -0.2) is 29.4 Å². The number of carbonyl (C=O) groups is 2. The Labute approximate surface area is 156 Å². The number of allylic oxidation sites excluding steroid dienone is 5. The average Bonchev–Trinajstić information content (AvgIpc) is 2.49. The van der Waals surface area contributed by atoms with Crippen LogP contribution in [-0.2, 0) is 9.59 Å². The van der Waals surface area contributed by atoms with Gasteiger partial charge in [-0.15, -0.1) is 0 Å². The monoisotopic (exact) mass is 366 g/mol. The fraction of sp³-hybridized carbons (Fsp3) is 0.600. The van der Waals surface area contributed by atoms with Gasteiger partial charge in [-0.25, -0.2) is 0 Å². The molecule has 0 heterocycles. The Hall–Kier alpha value is -1.49. The molecule has 0 saturated heterocycles. The summed E-state index contributed by atoms with van der Waals surface area (Å²) in [4.78, 5) is 21.9. The molecular weight excluding hydrogens is 334 g/mol. The number of hydrogen-bond donors (Lipinski definition) is 1. The normalized spacial score (nSPS) is 13.3. The third kappa shape index (κ3) is 14.6. The van der Waals surface area contributed by atoms with Crippen molar-refractivity contribution in [3.8, 4) is 0 Å². The number of thioether (sulfide) groups is 1. The zero-order chi connectivity index (χ0) is 19.2. The highest BCUT2D eigenvalue weighted by Crippen LogP contribution is 2.12. The van der Waals surface area contributed by atoms with Crippen molar-refractivity contribution in [1.82, 2.24) is 5.32 Å². The summed E-state index contributed by atoms with van der Waals surface area (Å²) >= 11 is 1.48. The molecule has 1 unspecified atom stereocenters. The van der Waals surface area contributed by atoms with Crippen molar-refractivity contribution in [2.45, 2.75) is 66.3 Å². The molecule has 142 valence electrons. The highest BCUT2D eigenvalue weighted by Gasteiger charge is 2.10. The largest absolute Gasteiger partial charge is 0.548 e. The van der Waals surface area contributed by atoms with Crippen LogP contribution in [0.1, 0.15) is 60.3 Å². The molecule has 0 aromatic carbocycles. The van der Waals surface area contributed by atoms with Crippen molar-refractivity contribution in [2.75, 3.05) is 11.5 Å². The van der Waals surface area contributed by atoms with E-state index < -0.39 is 12.0 Å². The number of nitrogens with one attached hydrogen (secondary N) is 1. The molecule has 25 heavy (non-hydrogen) atoms. The van der Waals surface area contributed by atoms with Gasteiger partial charge < -0.3 is 15.2 Å². The van der Waals surface area contributed by atoms with Crippen molar-refractivity contribution in [3.63, 3.8) is 0 Å². The molecule has 0 spiro atoms. The Balaban J connectivity index is 4.07. The summed E-state index contributed by atoms with van der Waals surface area (Å²) in [6, 6.07) is -0.928. The summed E-state index contributed by atoms with van der Waals surface area (Å²) < 4.78 is 0. The lowest BCUT2D eigenvalue weighted by atomic mass is 10.1. The first-order chi connectivity index (χ1) is 11.7. The Kier molecular flexibility index (Phi) is 12.9. The average molecular weight is 367 g/mol. The summed E-state index contributed by atoms with van der Waals surface area (Å²) in [7, 11) is 0. The molecule has 0 aliphatic heterocycles. The second kappa shape index (κ2) is 13.8. The van der Waals surface area contributed by atoms with E-state index in [1.54, 1.807) is 0 Å². The van der Waals surface area contributed by atoms with Crippen LogP contribution in [0.4, 0.5) is 0 Å². The predicted molar refractivity (Wildman–Crippen MR) is 105 cm³/mol. The Morgan fingerprint density at radius 3 is 2.04 bits per heavy atom. The number of carboxylic acids is 1. The van der Waals surface area contributed by atoms with Gasteiger partial charge in [-0.05, 0) is 53.4 Å². The lowest BCUT2D eigenvalue weighted by Crippen LogP contribution is -2.48. The molecule has 1 atom stereocenters. The Morgan fingerprint density at radius 1 is 0.960 bits per heavy atom. The van der Waals surface area contributed by atoms with E-state index in [2.05, 4.69) is 51.2 Å². The molecule has 0 aliphatic carbocycles. The summed E-state index contributed by atoms with van der Waals surface area (Å²) in [6.45, 7) is 9.82. The van der Waals surface area contributed by atoms with Crippen molar-refractivity contribution in [2.24, 2.45) is 0 Å². The third-order valence-corrected chi connectivity index (χ3v) is 4.59. The number of carbonyl (C=O) groups excluding carboxylic acids is 2. The maximum Gasteiger partial charge on any atom is 0.217 e. The topological polar surface area (TPSA) is 69.2 Å². The molecule has 0 radical (unpaired) electrons. The molecule has 0 aromatic rings. The summed E-state index contributed by atoms with van der Waals surface area (Å²) in [5.41, 5.74) is 4.08. The lowest BCUT2D eigenvalue weighted by Gasteiger charge is -2.17. The molecule has 0 bridgehead atoms. The third-order valence-electron chi connectivity index (χ3n) is 3.62. The molecule has 0 aliphatic rings. The summed E-state index contributed by atoms with van der Waals surface area (Å²) in [6.07, 6.45) is 10.9. The summed E-state index contributed by atoms with van der Waals surface area (Å²) in [5, 5.41) is 13.3.